The van der Waals surface area contributed by atoms with E-state index in [2.05, 4.69) is 40.5 Å². The van der Waals surface area contributed by atoms with Crippen LogP contribution in [0.2, 0.25) is 0 Å². The number of anilines is 2. The normalized spacial score (nSPS) is 10.8. The van der Waals surface area contributed by atoms with Crippen molar-refractivity contribution in [2.75, 3.05) is 45.0 Å². The van der Waals surface area contributed by atoms with Gasteiger partial charge in [0.1, 0.15) is 29.6 Å². The molecule has 0 aliphatic carbocycles. The first-order valence-corrected chi connectivity index (χ1v) is 10.8. The average Bonchev–Trinajstić information content (AvgIpc) is 3.33. The molecule has 36 heavy (non-hydrogen) atoms. The van der Waals surface area contributed by atoms with Crippen molar-refractivity contribution in [1.82, 2.24) is 35.2 Å². The number of benzene rings is 1. The van der Waals surface area contributed by atoms with Crippen molar-refractivity contribution in [2.24, 2.45) is 0 Å². The van der Waals surface area contributed by atoms with E-state index in [1.165, 1.54) is 32.5 Å². The molecule has 12 nitrogen and oxygen atoms in total. The van der Waals surface area contributed by atoms with Crippen LogP contribution >= 0.6 is 0 Å². The minimum Gasteiger partial charge on any atom is -0.478 e. The average molecular weight is 494 g/mol. The SMILES string of the molecule is COCC(=O)NCCNc1nccc(-c2[nH]c(-c3ccc(F)cc3)nc2-c2cnc(N)c(OC)n2)n1. The van der Waals surface area contributed by atoms with Gasteiger partial charge in [0.15, 0.2) is 5.82 Å². The van der Waals surface area contributed by atoms with Gasteiger partial charge in [-0.2, -0.15) is 0 Å². The van der Waals surface area contributed by atoms with E-state index >= 15 is 0 Å². The Morgan fingerprint density at radius 2 is 1.86 bits per heavy atom. The largest absolute Gasteiger partial charge is 0.478 e. The van der Waals surface area contributed by atoms with Crippen LogP contribution in [0.4, 0.5) is 16.2 Å². The molecule has 13 heteroatoms. The molecule has 1 aromatic carbocycles. The molecule has 0 spiro atoms. The minimum atomic E-state index is -0.357. The zero-order chi connectivity index (χ0) is 25.5. The highest BCUT2D eigenvalue weighted by atomic mass is 19.1. The number of halogens is 1. The van der Waals surface area contributed by atoms with Crippen molar-refractivity contribution in [3.63, 3.8) is 0 Å². The number of nitrogens with zero attached hydrogens (tertiary/aromatic N) is 5. The van der Waals surface area contributed by atoms with Crippen LogP contribution in [0, 0.1) is 5.82 Å². The maximum absolute atomic E-state index is 13.5. The summed E-state index contributed by atoms with van der Waals surface area (Å²) in [6.45, 7) is 0.751. The summed E-state index contributed by atoms with van der Waals surface area (Å²) in [6.07, 6.45) is 3.07. The number of nitrogens with one attached hydrogen (secondary N) is 3. The molecule has 4 rings (SSSR count). The number of hydrogen-bond donors (Lipinski definition) is 4. The topological polar surface area (TPSA) is 166 Å². The standard InChI is InChI=1S/C23H24FN9O3/c1-35-12-17(34)26-9-10-28-23-27-8-7-15(31-23)18-19(16-11-29-20(25)22(30-16)36-2)33-21(32-18)13-3-5-14(24)6-4-13/h3-8,11H,9-10,12H2,1-2H3,(H2,25,29)(H,26,34)(H,32,33)(H,27,28,31). The lowest BCUT2D eigenvalue weighted by Gasteiger charge is -2.08. The molecule has 0 saturated heterocycles. The zero-order valence-corrected chi connectivity index (χ0v) is 19.6. The van der Waals surface area contributed by atoms with E-state index in [-0.39, 0.29) is 30.0 Å². The van der Waals surface area contributed by atoms with Gasteiger partial charge in [0.25, 0.3) is 5.88 Å². The van der Waals surface area contributed by atoms with Gasteiger partial charge < -0.3 is 30.8 Å². The number of methoxy groups -OCH3 is 2. The lowest BCUT2D eigenvalue weighted by Crippen LogP contribution is -2.31. The molecule has 3 heterocycles. The Morgan fingerprint density at radius 1 is 1.06 bits per heavy atom. The Labute approximate surface area is 205 Å². The maximum atomic E-state index is 13.5. The molecule has 4 aromatic rings. The molecule has 0 bridgehead atoms. The van der Waals surface area contributed by atoms with Gasteiger partial charge in [-0.15, -0.1) is 0 Å². The molecule has 3 aromatic heterocycles. The van der Waals surface area contributed by atoms with Gasteiger partial charge >= 0.3 is 0 Å². The second-order valence-corrected chi connectivity index (χ2v) is 7.44. The summed E-state index contributed by atoms with van der Waals surface area (Å²) in [5, 5.41) is 5.77. The van der Waals surface area contributed by atoms with Crippen LogP contribution in [0.3, 0.4) is 0 Å². The number of carbonyl (C=O) groups excluding carboxylic acids is 1. The summed E-state index contributed by atoms with van der Waals surface area (Å²) in [6, 6.07) is 7.63. The number of aromatic nitrogens is 6. The first-order chi connectivity index (χ1) is 17.5. The predicted octanol–water partition coefficient (Wildman–Crippen LogP) is 1.90. The van der Waals surface area contributed by atoms with Crippen LogP contribution in [0.15, 0.2) is 42.7 Å². The molecule has 0 fully saturated rings. The van der Waals surface area contributed by atoms with E-state index in [4.69, 9.17) is 15.2 Å². The highest BCUT2D eigenvalue weighted by Crippen LogP contribution is 2.32. The van der Waals surface area contributed by atoms with Crippen LogP contribution in [0.1, 0.15) is 0 Å². The third kappa shape index (κ3) is 5.70. The Kier molecular flexibility index (Phi) is 7.60. The van der Waals surface area contributed by atoms with Gasteiger partial charge in [0.05, 0.1) is 24.7 Å². The third-order valence-corrected chi connectivity index (χ3v) is 4.94. The number of rotatable bonds is 10. The molecular formula is C23H24FN9O3. The predicted molar refractivity (Wildman–Crippen MR) is 130 cm³/mol. The quantitative estimate of drug-likeness (QED) is 0.240. The highest BCUT2D eigenvalue weighted by molar-refractivity contribution is 5.79. The number of H-pyrrole nitrogens is 1. The Balaban J connectivity index is 1.66. The fourth-order valence-electron chi connectivity index (χ4n) is 3.28. The van der Waals surface area contributed by atoms with Gasteiger partial charge in [0, 0.05) is 32.0 Å². The fraction of sp³-hybridized carbons (Fsp3) is 0.217. The van der Waals surface area contributed by atoms with Crippen molar-refractivity contribution in [3.8, 4) is 40.0 Å². The van der Waals surface area contributed by atoms with E-state index in [0.717, 1.165) is 0 Å². The molecule has 0 aliphatic heterocycles. The summed E-state index contributed by atoms with van der Waals surface area (Å²) < 4.78 is 23.5. The molecule has 1 amide bonds. The number of aromatic amines is 1. The van der Waals surface area contributed by atoms with E-state index in [0.29, 0.717) is 53.2 Å². The van der Waals surface area contributed by atoms with E-state index in [9.17, 15) is 9.18 Å². The van der Waals surface area contributed by atoms with Crippen molar-refractivity contribution in [3.05, 3.63) is 48.5 Å². The summed E-state index contributed by atoms with van der Waals surface area (Å²) in [7, 11) is 2.90. The van der Waals surface area contributed by atoms with Gasteiger partial charge in [-0.25, -0.2) is 29.3 Å². The number of ether oxygens (including phenoxy) is 2. The van der Waals surface area contributed by atoms with E-state index in [1.54, 1.807) is 24.4 Å². The zero-order valence-electron chi connectivity index (χ0n) is 19.6. The summed E-state index contributed by atoms with van der Waals surface area (Å²) in [5.74, 6) is 0.549. The smallest absolute Gasteiger partial charge is 0.257 e. The highest BCUT2D eigenvalue weighted by Gasteiger charge is 2.20. The summed E-state index contributed by atoms with van der Waals surface area (Å²) in [4.78, 5) is 36.8. The molecule has 0 atom stereocenters. The Morgan fingerprint density at radius 3 is 2.61 bits per heavy atom. The number of nitrogen functional groups attached to an aromatic ring is 1. The van der Waals surface area contributed by atoms with Crippen LogP contribution in [0.25, 0.3) is 34.2 Å². The van der Waals surface area contributed by atoms with Crippen LogP contribution < -0.4 is 21.1 Å². The van der Waals surface area contributed by atoms with Crippen LogP contribution in [-0.4, -0.2) is 69.7 Å². The van der Waals surface area contributed by atoms with Gasteiger partial charge in [0.2, 0.25) is 11.9 Å². The maximum Gasteiger partial charge on any atom is 0.257 e. The second-order valence-electron chi connectivity index (χ2n) is 7.44. The van der Waals surface area contributed by atoms with Crippen molar-refractivity contribution in [2.45, 2.75) is 0 Å². The summed E-state index contributed by atoms with van der Waals surface area (Å²) in [5.41, 5.74) is 8.39. The number of amides is 1. The lowest BCUT2D eigenvalue weighted by atomic mass is 10.2. The number of hydrogen-bond acceptors (Lipinski definition) is 10. The first kappa shape index (κ1) is 24.5. The van der Waals surface area contributed by atoms with Gasteiger partial charge in [-0.05, 0) is 30.3 Å². The molecule has 0 aliphatic rings. The third-order valence-electron chi connectivity index (χ3n) is 4.94. The van der Waals surface area contributed by atoms with Crippen molar-refractivity contribution >= 4 is 17.7 Å². The molecule has 0 saturated carbocycles. The Hall–Kier alpha value is -4.65. The molecular weight excluding hydrogens is 469 g/mol. The molecule has 186 valence electrons. The van der Waals surface area contributed by atoms with Crippen LogP contribution in [-0.2, 0) is 9.53 Å². The number of imidazole rings is 1. The molecule has 0 unspecified atom stereocenters. The first-order valence-electron chi connectivity index (χ1n) is 10.8. The molecule has 0 radical (unpaired) electrons. The minimum absolute atomic E-state index is 0.0101. The summed E-state index contributed by atoms with van der Waals surface area (Å²) >= 11 is 0. The van der Waals surface area contributed by atoms with Gasteiger partial charge in [-0.3, -0.25) is 4.79 Å². The van der Waals surface area contributed by atoms with Gasteiger partial charge in [-0.1, -0.05) is 0 Å². The van der Waals surface area contributed by atoms with Crippen molar-refractivity contribution < 1.29 is 18.7 Å². The Bertz CT molecular complexity index is 1350. The van der Waals surface area contributed by atoms with E-state index in [1.807, 2.05) is 0 Å². The fourth-order valence-corrected chi connectivity index (χ4v) is 3.28. The molecule has 5 N–H and O–H groups in total. The number of nitrogens with two attached hydrogens (primary N) is 1. The second kappa shape index (κ2) is 11.2. The monoisotopic (exact) mass is 493 g/mol. The van der Waals surface area contributed by atoms with E-state index < -0.39 is 0 Å². The van der Waals surface area contributed by atoms with Crippen molar-refractivity contribution in [1.29, 1.82) is 0 Å². The lowest BCUT2D eigenvalue weighted by molar-refractivity contribution is -0.124. The number of carbonyl (C=O) groups is 1. The van der Waals surface area contributed by atoms with Crippen LogP contribution in [0.5, 0.6) is 5.88 Å².